The number of carbonyl (C=O) groups excluding carboxylic acids is 1. The second kappa shape index (κ2) is 5.98. The van der Waals surface area contributed by atoms with Crippen molar-refractivity contribution < 1.29 is 9.53 Å². The molecule has 5 heteroatoms. The van der Waals surface area contributed by atoms with Gasteiger partial charge in [0.1, 0.15) is 11.6 Å². The molecule has 1 rings (SSSR count). The highest BCUT2D eigenvalue weighted by atomic mass is 79.9. The van der Waals surface area contributed by atoms with E-state index in [1.54, 1.807) is 7.11 Å². The molecule has 0 aliphatic heterocycles. The standard InChI is InChI=1S/C10H11BrClNO2/c1-15-8-3-2-7(9(11)4-8)6-13-10(14)5-12/h2-4H,5-6H2,1H3,(H,13,14). The Hall–Kier alpha value is -0.740. The van der Waals surface area contributed by atoms with Crippen molar-refractivity contribution in [3.05, 3.63) is 28.2 Å². The lowest BCUT2D eigenvalue weighted by atomic mass is 10.2. The van der Waals surface area contributed by atoms with Gasteiger partial charge in [0.05, 0.1) is 7.11 Å². The minimum absolute atomic E-state index is 0.0201. The molecule has 0 heterocycles. The Morgan fingerprint density at radius 1 is 1.60 bits per heavy atom. The predicted octanol–water partition coefficient (Wildman–Crippen LogP) is 2.31. The molecule has 0 saturated heterocycles. The number of nitrogens with one attached hydrogen (secondary N) is 1. The zero-order valence-electron chi connectivity index (χ0n) is 8.22. The smallest absolute Gasteiger partial charge is 0.235 e. The monoisotopic (exact) mass is 291 g/mol. The molecule has 0 aliphatic rings. The molecule has 0 spiro atoms. The Kier molecular flexibility index (Phi) is 4.91. The van der Waals surface area contributed by atoms with Crippen molar-refractivity contribution >= 4 is 33.4 Å². The lowest BCUT2D eigenvalue weighted by Crippen LogP contribution is -2.23. The molecule has 0 bridgehead atoms. The molecule has 82 valence electrons. The fourth-order valence-electron chi connectivity index (χ4n) is 1.04. The number of methoxy groups -OCH3 is 1. The number of hydrogen-bond acceptors (Lipinski definition) is 2. The first-order valence-corrected chi connectivity index (χ1v) is 5.65. The van der Waals surface area contributed by atoms with E-state index in [4.69, 9.17) is 16.3 Å². The summed E-state index contributed by atoms with van der Waals surface area (Å²) in [5.74, 6) is 0.571. The predicted molar refractivity (Wildman–Crippen MR) is 63.3 cm³/mol. The van der Waals surface area contributed by atoms with Crippen LogP contribution in [0.25, 0.3) is 0 Å². The molecule has 0 atom stereocenters. The van der Waals surface area contributed by atoms with Crippen molar-refractivity contribution in [3.63, 3.8) is 0 Å². The Balaban J connectivity index is 2.66. The Labute approximate surface area is 102 Å². The van der Waals surface area contributed by atoms with E-state index >= 15 is 0 Å². The summed E-state index contributed by atoms with van der Waals surface area (Å²) in [6, 6.07) is 5.58. The van der Waals surface area contributed by atoms with Gasteiger partial charge in [0.15, 0.2) is 0 Å². The maximum atomic E-state index is 10.9. The van der Waals surface area contributed by atoms with Crippen LogP contribution >= 0.6 is 27.5 Å². The highest BCUT2D eigenvalue weighted by molar-refractivity contribution is 9.10. The van der Waals surface area contributed by atoms with E-state index in [-0.39, 0.29) is 11.8 Å². The first kappa shape index (κ1) is 12.3. The van der Waals surface area contributed by atoms with Gasteiger partial charge in [-0.3, -0.25) is 4.79 Å². The van der Waals surface area contributed by atoms with Crippen LogP contribution in [0.2, 0.25) is 0 Å². The van der Waals surface area contributed by atoms with Crippen molar-refractivity contribution in [1.29, 1.82) is 0 Å². The van der Waals surface area contributed by atoms with Crippen LogP contribution in [-0.2, 0) is 11.3 Å². The molecular formula is C10H11BrClNO2. The minimum atomic E-state index is -0.181. The van der Waals surface area contributed by atoms with Crippen LogP contribution in [0.15, 0.2) is 22.7 Å². The molecule has 1 N–H and O–H groups in total. The zero-order valence-corrected chi connectivity index (χ0v) is 10.6. The number of alkyl halides is 1. The van der Waals surface area contributed by atoms with Crippen LogP contribution < -0.4 is 10.1 Å². The summed E-state index contributed by atoms with van der Waals surface area (Å²) < 4.78 is 5.96. The van der Waals surface area contributed by atoms with Gasteiger partial charge in [0, 0.05) is 11.0 Å². The second-order valence-electron chi connectivity index (χ2n) is 2.87. The van der Waals surface area contributed by atoms with E-state index in [2.05, 4.69) is 21.2 Å². The van der Waals surface area contributed by atoms with Crippen molar-refractivity contribution in [3.8, 4) is 5.75 Å². The van der Waals surface area contributed by atoms with Crippen LogP contribution in [-0.4, -0.2) is 18.9 Å². The molecule has 15 heavy (non-hydrogen) atoms. The summed E-state index contributed by atoms with van der Waals surface area (Å²) in [7, 11) is 1.61. The number of amides is 1. The van der Waals surface area contributed by atoms with Crippen molar-refractivity contribution in [2.75, 3.05) is 13.0 Å². The Morgan fingerprint density at radius 2 is 2.33 bits per heavy atom. The second-order valence-corrected chi connectivity index (χ2v) is 3.99. The number of ether oxygens (including phenoxy) is 1. The molecule has 1 aromatic rings. The quantitative estimate of drug-likeness (QED) is 0.865. The summed E-state index contributed by atoms with van der Waals surface area (Å²) in [5, 5.41) is 2.69. The van der Waals surface area contributed by atoms with E-state index in [0.29, 0.717) is 6.54 Å². The van der Waals surface area contributed by atoms with Gasteiger partial charge in [0.2, 0.25) is 5.91 Å². The number of carbonyl (C=O) groups is 1. The average molecular weight is 293 g/mol. The number of halogens is 2. The molecule has 1 aromatic carbocycles. The van der Waals surface area contributed by atoms with E-state index in [1.165, 1.54) is 0 Å². The third-order valence-corrected chi connectivity index (χ3v) is 2.84. The van der Waals surface area contributed by atoms with Crippen molar-refractivity contribution in [2.24, 2.45) is 0 Å². The van der Waals surface area contributed by atoms with Gasteiger partial charge in [-0.25, -0.2) is 0 Å². The normalized spacial score (nSPS) is 9.80. The van der Waals surface area contributed by atoms with Crippen molar-refractivity contribution in [2.45, 2.75) is 6.54 Å². The van der Waals surface area contributed by atoms with Gasteiger partial charge >= 0.3 is 0 Å². The summed E-state index contributed by atoms with van der Waals surface area (Å²) >= 11 is 8.76. The summed E-state index contributed by atoms with van der Waals surface area (Å²) in [4.78, 5) is 10.9. The molecule has 0 radical (unpaired) electrons. The van der Waals surface area contributed by atoms with Gasteiger partial charge in [0.25, 0.3) is 0 Å². The average Bonchev–Trinajstić information content (AvgIpc) is 2.26. The fourth-order valence-corrected chi connectivity index (χ4v) is 1.63. The first-order valence-electron chi connectivity index (χ1n) is 4.32. The third-order valence-electron chi connectivity index (χ3n) is 1.86. The van der Waals surface area contributed by atoms with E-state index in [0.717, 1.165) is 15.8 Å². The van der Waals surface area contributed by atoms with Crippen LogP contribution in [0.4, 0.5) is 0 Å². The van der Waals surface area contributed by atoms with E-state index in [9.17, 15) is 4.79 Å². The largest absolute Gasteiger partial charge is 0.497 e. The molecule has 0 saturated carbocycles. The highest BCUT2D eigenvalue weighted by Crippen LogP contribution is 2.22. The molecular weight excluding hydrogens is 281 g/mol. The molecule has 3 nitrogen and oxygen atoms in total. The Bertz CT molecular complexity index is 357. The summed E-state index contributed by atoms with van der Waals surface area (Å²) in [6.45, 7) is 0.454. The zero-order chi connectivity index (χ0) is 11.3. The fraction of sp³-hybridized carbons (Fsp3) is 0.300. The highest BCUT2D eigenvalue weighted by Gasteiger charge is 2.03. The molecule has 0 aliphatic carbocycles. The number of rotatable bonds is 4. The molecule has 0 unspecified atom stereocenters. The SMILES string of the molecule is COc1ccc(CNC(=O)CCl)c(Br)c1. The van der Waals surface area contributed by atoms with Gasteiger partial charge in [-0.2, -0.15) is 0 Å². The summed E-state index contributed by atoms with van der Waals surface area (Å²) in [5.41, 5.74) is 0.981. The third kappa shape index (κ3) is 3.72. The first-order chi connectivity index (χ1) is 7.17. The molecule has 1 amide bonds. The maximum Gasteiger partial charge on any atom is 0.235 e. The number of benzene rings is 1. The van der Waals surface area contributed by atoms with Crippen LogP contribution in [0, 0.1) is 0 Å². The number of hydrogen-bond donors (Lipinski definition) is 1. The topological polar surface area (TPSA) is 38.3 Å². The molecule has 0 fully saturated rings. The lowest BCUT2D eigenvalue weighted by molar-refractivity contribution is -0.118. The van der Waals surface area contributed by atoms with Gasteiger partial charge in [-0.05, 0) is 17.7 Å². The Morgan fingerprint density at radius 3 is 2.87 bits per heavy atom. The van der Waals surface area contributed by atoms with E-state index < -0.39 is 0 Å². The summed E-state index contributed by atoms with van der Waals surface area (Å²) in [6.07, 6.45) is 0. The minimum Gasteiger partial charge on any atom is -0.497 e. The van der Waals surface area contributed by atoms with Gasteiger partial charge in [-0.1, -0.05) is 22.0 Å². The van der Waals surface area contributed by atoms with Gasteiger partial charge in [-0.15, -0.1) is 11.6 Å². The molecule has 0 aromatic heterocycles. The van der Waals surface area contributed by atoms with Crippen LogP contribution in [0.5, 0.6) is 5.75 Å². The van der Waals surface area contributed by atoms with Gasteiger partial charge < -0.3 is 10.1 Å². The maximum absolute atomic E-state index is 10.9. The van der Waals surface area contributed by atoms with Crippen LogP contribution in [0.3, 0.4) is 0 Å². The lowest BCUT2D eigenvalue weighted by Gasteiger charge is -2.07. The van der Waals surface area contributed by atoms with Crippen LogP contribution in [0.1, 0.15) is 5.56 Å². The van der Waals surface area contributed by atoms with E-state index in [1.807, 2.05) is 18.2 Å². The van der Waals surface area contributed by atoms with Crippen molar-refractivity contribution in [1.82, 2.24) is 5.32 Å².